The minimum absolute atomic E-state index is 0.877. The standard InChI is InChI=1S/C12H15O/c13-11-7-2-1-4-8-12-9-5-3-6-10-12/h3,5-7,9-11H,1-2,4,8H2/b11-7+. The zero-order valence-corrected chi connectivity index (χ0v) is 7.78. The van der Waals surface area contributed by atoms with Gasteiger partial charge in [-0.2, -0.15) is 0 Å². The minimum atomic E-state index is 0.877. The summed E-state index contributed by atoms with van der Waals surface area (Å²) in [7, 11) is 0. The van der Waals surface area contributed by atoms with Gasteiger partial charge < -0.3 is 0 Å². The number of hydrogen-bond acceptors (Lipinski definition) is 0. The van der Waals surface area contributed by atoms with Crippen LogP contribution in [0.15, 0.2) is 42.7 Å². The SMILES string of the molecule is [O]/C=C/CCCCc1ccccc1. The lowest BCUT2D eigenvalue weighted by Gasteiger charge is -1.98. The van der Waals surface area contributed by atoms with Gasteiger partial charge in [0.25, 0.3) is 0 Å². The molecule has 0 aliphatic heterocycles. The third-order valence-corrected chi connectivity index (χ3v) is 2.03. The van der Waals surface area contributed by atoms with Crippen LogP contribution in [0.1, 0.15) is 24.8 Å². The first kappa shape index (κ1) is 9.85. The highest BCUT2D eigenvalue weighted by Crippen LogP contribution is 2.06. The highest BCUT2D eigenvalue weighted by Gasteiger charge is 1.90. The van der Waals surface area contributed by atoms with Crippen LogP contribution >= 0.6 is 0 Å². The maximum Gasteiger partial charge on any atom is 0.138 e. The van der Waals surface area contributed by atoms with Gasteiger partial charge in [0.2, 0.25) is 0 Å². The maximum atomic E-state index is 9.98. The monoisotopic (exact) mass is 175 g/mol. The van der Waals surface area contributed by atoms with Crippen LogP contribution in [0.25, 0.3) is 0 Å². The van der Waals surface area contributed by atoms with Crippen molar-refractivity contribution in [2.24, 2.45) is 0 Å². The highest BCUT2D eigenvalue weighted by atomic mass is 16.2. The summed E-state index contributed by atoms with van der Waals surface area (Å²) in [5.41, 5.74) is 1.38. The van der Waals surface area contributed by atoms with Crippen molar-refractivity contribution in [2.45, 2.75) is 25.7 Å². The number of rotatable bonds is 5. The molecule has 0 N–H and O–H groups in total. The topological polar surface area (TPSA) is 19.9 Å². The molecule has 1 nitrogen and oxygen atoms in total. The Morgan fingerprint density at radius 1 is 1.08 bits per heavy atom. The van der Waals surface area contributed by atoms with Crippen molar-refractivity contribution < 1.29 is 5.11 Å². The zero-order chi connectivity index (χ0) is 9.36. The van der Waals surface area contributed by atoms with Crippen molar-refractivity contribution in [1.29, 1.82) is 0 Å². The summed E-state index contributed by atoms with van der Waals surface area (Å²) >= 11 is 0. The first-order chi connectivity index (χ1) is 6.43. The van der Waals surface area contributed by atoms with Gasteiger partial charge >= 0.3 is 0 Å². The van der Waals surface area contributed by atoms with Crippen molar-refractivity contribution in [3.63, 3.8) is 0 Å². The molecule has 0 atom stereocenters. The smallest absolute Gasteiger partial charge is 0.138 e. The summed E-state index contributed by atoms with van der Waals surface area (Å²) in [6.45, 7) is 0. The predicted molar refractivity (Wildman–Crippen MR) is 53.8 cm³/mol. The summed E-state index contributed by atoms with van der Waals surface area (Å²) in [6, 6.07) is 10.4. The van der Waals surface area contributed by atoms with Crippen molar-refractivity contribution in [3.8, 4) is 0 Å². The van der Waals surface area contributed by atoms with E-state index < -0.39 is 0 Å². The lowest BCUT2D eigenvalue weighted by atomic mass is 10.1. The van der Waals surface area contributed by atoms with Crippen LogP contribution in [-0.2, 0) is 11.5 Å². The number of hydrogen-bond donors (Lipinski definition) is 0. The third kappa shape index (κ3) is 4.36. The largest absolute Gasteiger partial charge is 0.299 e. The van der Waals surface area contributed by atoms with Gasteiger partial charge in [-0.25, -0.2) is 0 Å². The molecule has 1 heteroatoms. The van der Waals surface area contributed by atoms with Crippen LogP contribution in [0.4, 0.5) is 0 Å². The van der Waals surface area contributed by atoms with Gasteiger partial charge in [0, 0.05) is 0 Å². The normalized spacial score (nSPS) is 10.8. The molecule has 0 unspecified atom stereocenters. The van der Waals surface area contributed by atoms with Gasteiger partial charge in [-0.1, -0.05) is 30.3 Å². The molecule has 0 aliphatic carbocycles. The minimum Gasteiger partial charge on any atom is -0.299 e. The van der Waals surface area contributed by atoms with Crippen molar-refractivity contribution in [3.05, 3.63) is 48.2 Å². The van der Waals surface area contributed by atoms with Crippen LogP contribution in [0, 0.1) is 0 Å². The van der Waals surface area contributed by atoms with E-state index in [1.807, 2.05) is 6.07 Å². The van der Waals surface area contributed by atoms with E-state index in [0.29, 0.717) is 0 Å². The fourth-order valence-electron chi connectivity index (χ4n) is 1.30. The molecule has 0 heterocycles. The molecule has 1 aromatic rings. The van der Waals surface area contributed by atoms with Crippen LogP contribution in [-0.4, -0.2) is 0 Å². The van der Waals surface area contributed by atoms with Crippen LogP contribution in [0.3, 0.4) is 0 Å². The molecule has 0 saturated carbocycles. The van der Waals surface area contributed by atoms with E-state index in [1.165, 1.54) is 5.56 Å². The third-order valence-electron chi connectivity index (χ3n) is 2.03. The average Bonchev–Trinajstić information content (AvgIpc) is 2.19. The molecule has 0 saturated heterocycles. The molecule has 0 bridgehead atoms. The predicted octanol–water partition coefficient (Wildman–Crippen LogP) is 3.34. The Balaban J connectivity index is 2.13. The Morgan fingerprint density at radius 3 is 2.54 bits per heavy atom. The molecular formula is C12H15O. The van der Waals surface area contributed by atoms with Crippen LogP contribution in [0.5, 0.6) is 0 Å². The van der Waals surface area contributed by atoms with Gasteiger partial charge in [-0.15, -0.1) is 0 Å². The second kappa shape index (κ2) is 6.30. The van der Waals surface area contributed by atoms with Crippen molar-refractivity contribution in [1.82, 2.24) is 0 Å². The van der Waals surface area contributed by atoms with Crippen LogP contribution < -0.4 is 0 Å². The Bertz CT molecular complexity index is 239. The molecule has 1 aromatic carbocycles. The lowest BCUT2D eigenvalue weighted by molar-refractivity contribution is 0.349. The van der Waals surface area contributed by atoms with Gasteiger partial charge in [0.05, 0.1) is 0 Å². The van der Waals surface area contributed by atoms with Gasteiger partial charge in [-0.3, -0.25) is 5.11 Å². The molecule has 1 radical (unpaired) electrons. The number of benzene rings is 1. The first-order valence-electron chi connectivity index (χ1n) is 4.74. The molecule has 0 amide bonds. The summed E-state index contributed by atoms with van der Waals surface area (Å²) in [4.78, 5) is 0. The van der Waals surface area contributed by atoms with E-state index in [0.717, 1.165) is 31.9 Å². The van der Waals surface area contributed by atoms with E-state index in [1.54, 1.807) is 6.08 Å². The van der Waals surface area contributed by atoms with E-state index >= 15 is 0 Å². The van der Waals surface area contributed by atoms with Crippen molar-refractivity contribution >= 4 is 0 Å². The summed E-state index contributed by atoms with van der Waals surface area (Å²) in [5, 5.41) is 9.98. The molecule has 0 aliphatic rings. The molecule has 13 heavy (non-hydrogen) atoms. The average molecular weight is 175 g/mol. The number of allylic oxidation sites excluding steroid dienone is 1. The van der Waals surface area contributed by atoms with Crippen LogP contribution in [0.2, 0.25) is 0 Å². The fraction of sp³-hybridized carbons (Fsp3) is 0.333. The van der Waals surface area contributed by atoms with E-state index in [9.17, 15) is 5.11 Å². The molecule has 0 fully saturated rings. The summed E-state index contributed by atoms with van der Waals surface area (Å²) in [5.74, 6) is 0. The van der Waals surface area contributed by atoms with E-state index in [-0.39, 0.29) is 0 Å². The maximum absolute atomic E-state index is 9.98. The van der Waals surface area contributed by atoms with Gasteiger partial charge in [0.15, 0.2) is 0 Å². The second-order valence-corrected chi connectivity index (χ2v) is 3.10. The Kier molecular flexibility index (Phi) is 4.77. The molecule has 1 rings (SSSR count). The van der Waals surface area contributed by atoms with Gasteiger partial charge in [0.1, 0.15) is 6.26 Å². The molecular weight excluding hydrogens is 160 g/mol. The lowest BCUT2D eigenvalue weighted by Crippen LogP contribution is -1.83. The molecule has 69 valence electrons. The highest BCUT2D eigenvalue weighted by molar-refractivity contribution is 5.14. The second-order valence-electron chi connectivity index (χ2n) is 3.10. The Hall–Kier alpha value is -1.24. The Labute approximate surface area is 79.7 Å². The number of unbranched alkanes of at least 4 members (excludes halogenated alkanes) is 2. The quantitative estimate of drug-likeness (QED) is 0.483. The van der Waals surface area contributed by atoms with E-state index in [2.05, 4.69) is 24.3 Å². The first-order valence-corrected chi connectivity index (χ1v) is 4.74. The number of aryl methyl sites for hydroxylation is 1. The summed E-state index contributed by atoms with van der Waals surface area (Å²) in [6.07, 6.45) is 6.86. The zero-order valence-electron chi connectivity index (χ0n) is 7.78. The Morgan fingerprint density at radius 2 is 1.85 bits per heavy atom. The molecule has 0 spiro atoms. The van der Waals surface area contributed by atoms with E-state index in [4.69, 9.17) is 0 Å². The molecule has 0 aromatic heterocycles. The fourth-order valence-corrected chi connectivity index (χ4v) is 1.30. The van der Waals surface area contributed by atoms with Gasteiger partial charge in [-0.05, 0) is 37.3 Å². The summed E-state index contributed by atoms with van der Waals surface area (Å²) < 4.78 is 0. The van der Waals surface area contributed by atoms with Crippen molar-refractivity contribution in [2.75, 3.05) is 0 Å².